The molecule has 2 aliphatic carbocycles. The number of ether oxygens (including phenoxy) is 2. The van der Waals surface area contributed by atoms with Gasteiger partial charge in [0, 0.05) is 24.3 Å². The topological polar surface area (TPSA) is 64.6 Å². The van der Waals surface area contributed by atoms with Gasteiger partial charge >= 0.3 is 11.9 Å². The number of thioether (sulfide) groups is 2. The Labute approximate surface area is 325 Å². The highest BCUT2D eigenvalue weighted by Gasteiger charge is 2.19. The number of rotatable bonds is 34. The lowest BCUT2D eigenvalue weighted by Gasteiger charge is -2.22. The Morgan fingerprint density at radius 1 is 0.569 bits per heavy atom. The Balaban J connectivity index is 1.47. The van der Waals surface area contributed by atoms with Gasteiger partial charge in [-0.1, -0.05) is 136 Å². The fourth-order valence-corrected chi connectivity index (χ4v) is 10.1. The Morgan fingerprint density at radius 2 is 1.06 bits per heavy atom. The maximum Gasteiger partial charge on any atom is 0.306 e. The molecule has 0 aromatic heterocycles. The van der Waals surface area contributed by atoms with Crippen molar-refractivity contribution in [1.29, 1.82) is 0 Å². The van der Waals surface area contributed by atoms with Crippen molar-refractivity contribution in [3.05, 3.63) is 0 Å². The van der Waals surface area contributed by atoms with Crippen LogP contribution in [0.15, 0.2) is 0 Å². The molecular formula is C44H83NO4S2. The Kier molecular flexibility index (Phi) is 31.3. The van der Waals surface area contributed by atoms with Gasteiger partial charge in [0.05, 0.1) is 0 Å². The van der Waals surface area contributed by atoms with Gasteiger partial charge in [0.25, 0.3) is 0 Å². The molecule has 5 nitrogen and oxygen atoms in total. The highest BCUT2D eigenvalue weighted by Crippen LogP contribution is 2.29. The van der Waals surface area contributed by atoms with Crippen LogP contribution >= 0.6 is 23.5 Å². The molecule has 0 aromatic rings. The maximum atomic E-state index is 12.8. The van der Waals surface area contributed by atoms with Gasteiger partial charge in [-0.3, -0.25) is 9.59 Å². The first kappa shape index (κ1) is 46.8. The zero-order valence-corrected chi connectivity index (χ0v) is 35.3. The van der Waals surface area contributed by atoms with Crippen LogP contribution in [0.2, 0.25) is 0 Å². The molecule has 0 radical (unpaired) electrons. The summed E-state index contributed by atoms with van der Waals surface area (Å²) in [7, 11) is 0. The number of hydrogen-bond acceptors (Lipinski definition) is 7. The van der Waals surface area contributed by atoms with E-state index in [-0.39, 0.29) is 24.1 Å². The highest BCUT2D eigenvalue weighted by molar-refractivity contribution is 7.99. The monoisotopic (exact) mass is 754 g/mol. The molecule has 2 fully saturated rings. The minimum Gasteiger partial charge on any atom is -0.461 e. The van der Waals surface area contributed by atoms with Gasteiger partial charge in [0.1, 0.15) is 12.2 Å². The van der Waals surface area contributed by atoms with E-state index < -0.39 is 0 Å². The van der Waals surface area contributed by atoms with E-state index in [1.165, 1.54) is 166 Å². The molecule has 300 valence electrons. The summed E-state index contributed by atoms with van der Waals surface area (Å²) >= 11 is 3.96. The van der Waals surface area contributed by atoms with Crippen LogP contribution in [0.5, 0.6) is 0 Å². The summed E-state index contributed by atoms with van der Waals surface area (Å²) in [5.41, 5.74) is 0. The summed E-state index contributed by atoms with van der Waals surface area (Å²) < 4.78 is 11.8. The number of nitrogens with one attached hydrogen (secondary N) is 1. The van der Waals surface area contributed by atoms with Gasteiger partial charge in [-0.25, -0.2) is 0 Å². The molecule has 2 atom stereocenters. The predicted molar refractivity (Wildman–Crippen MR) is 224 cm³/mol. The fraction of sp³-hybridized carbons (Fsp3) is 0.955. The zero-order valence-electron chi connectivity index (χ0n) is 33.7. The summed E-state index contributed by atoms with van der Waals surface area (Å²) in [6.07, 6.45) is 37.4. The number of carbonyl (C=O) groups is 2. The normalized spacial score (nSPS) is 17.0. The zero-order chi connectivity index (χ0) is 36.5. The lowest BCUT2D eigenvalue weighted by atomic mass is 9.85. The van der Waals surface area contributed by atoms with Crippen molar-refractivity contribution in [2.45, 2.75) is 219 Å². The van der Waals surface area contributed by atoms with Crippen molar-refractivity contribution >= 4 is 35.5 Å². The summed E-state index contributed by atoms with van der Waals surface area (Å²) in [6.45, 7) is 6.35. The highest BCUT2D eigenvalue weighted by atomic mass is 32.2. The van der Waals surface area contributed by atoms with E-state index in [0.717, 1.165) is 61.4 Å². The molecule has 1 N–H and O–H groups in total. The molecule has 2 unspecified atom stereocenters. The van der Waals surface area contributed by atoms with Crippen LogP contribution in [-0.4, -0.2) is 60.2 Å². The van der Waals surface area contributed by atoms with Gasteiger partial charge in [0.2, 0.25) is 0 Å². The number of hydrogen-bond donors (Lipinski definition) is 1. The largest absolute Gasteiger partial charge is 0.461 e. The maximum absolute atomic E-state index is 12.8. The van der Waals surface area contributed by atoms with Gasteiger partial charge in [-0.15, -0.1) is 0 Å². The lowest BCUT2D eigenvalue weighted by Crippen LogP contribution is -2.22. The van der Waals surface area contributed by atoms with E-state index >= 15 is 0 Å². The average Bonchev–Trinajstić information content (AvgIpc) is 3.15. The average molecular weight is 754 g/mol. The number of esters is 2. The Morgan fingerprint density at radius 3 is 1.61 bits per heavy atom. The van der Waals surface area contributed by atoms with Crippen LogP contribution < -0.4 is 5.32 Å². The summed E-state index contributed by atoms with van der Waals surface area (Å²) in [4.78, 5) is 24.6. The Bertz CT molecular complexity index is 802. The smallest absolute Gasteiger partial charge is 0.306 e. The second kappa shape index (κ2) is 34.1. The lowest BCUT2D eigenvalue weighted by molar-refractivity contribution is -0.149. The van der Waals surface area contributed by atoms with Crippen LogP contribution in [0.4, 0.5) is 0 Å². The summed E-state index contributed by atoms with van der Waals surface area (Å²) in [6, 6.07) is 0. The molecule has 0 saturated heterocycles. The third kappa shape index (κ3) is 27.8. The second-order valence-electron chi connectivity index (χ2n) is 16.0. The molecule has 2 aliphatic rings. The van der Waals surface area contributed by atoms with Gasteiger partial charge < -0.3 is 14.8 Å². The molecule has 0 aliphatic heterocycles. The summed E-state index contributed by atoms with van der Waals surface area (Å²) in [5, 5.41) is 3.65. The van der Waals surface area contributed by atoms with Crippen molar-refractivity contribution in [2.75, 3.05) is 36.1 Å². The van der Waals surface area contributed by atoms with Crippen molar-refractivity contribution in [1.82, 2.24) is 5.32 Å². The van der Waals surface area contributed by atoms with Crippen molar-refractivity contribution in [2.24, 2.45) is 11.8 Å². The molecule has 0 heterocycles. The molecule has 2 rings (SSSR count). The minimum absolute atomic E-state index is 0.0528. The van der Waals surface area contributed by atoms with Gasteiger partial charge in [-0.05, 0) is 94.2 Å². The second-order valence-corrected chi connectivity index (χ2v) is 18.3. The van der Waals surface area contributed by atoms with Gasteiger partial charge in [-0.2, -0.15) is 23.5 Å². The quantitative estimate of drug-likeness (QED) is 0.0518. The first-order valence-corrected chi connectivity index (χ1v) is 24.7. The van der Waals surface area contributed by atoms with Crippen molar-refractivity contribution < 1.29 is 19.1 Å². The van der Waals surface area contributed by atoms with Crippen LogP contribution in [0, 0.1) is 11.8 Å². The van der Waals surface area contributed by atoms with Crippen molar-refractivity contribution in [3.8, 4) is 0 Å². The molecule has 0 spiro atoms. The first-order valence-electron chi connectivity index (χ1n) is 22.4. The first-order chi connectivity index (χ1) is 25.1. The molecule has 7 heteroatoms. The van der Waals surface area contributed by atoms with E-state index in [2.05, 4.69) is 12.2 Å². The SMILES string of the molecule is CCCCCCC(CSCCCCCNCCCCCSCC(CCCCCCC1CCCCC1)OC(=O)CCC1CCCCC1)OC(=O)CC. The molecule has 0 aromatic carbocycles. The van der Waals surface area contributed by atoms with Crippen LogP contribution in [-0.2, 0) is 19.1 Å². The van der Waals surface area contributed by atoms with Crippen LogP contribution in [0.1, 0.15) is 206 Å². The fourth-order valence-electron chi connectivity index (χ4n) is 7.91. The third-order valence-corrected chi connectivity index (χ3v) is 13.6. The van der Waals surface area contributed by atoms with E-state index in [1.54, 1.807) is 0 Å². The van der Waals surface area contributed by atoms with Crippen LogP contribution in [0.25, 0.3) is 0 Å². The van der Waals surface area contributed by atoms with Crippen molar-refractivity contribution in [3.63, 3.8) is 0 Å². The van der Waals surface area contributed by atoms with E-state index in [1.807, 2.05) is 30.4 Å². The third-order valence-electron chi connectivity index (χ3n) is 11.3. The summed E-state index contributed by atoms with van der Waals surface area (Å²) in [5.74, 6) is 6.00. The van der Waals surface area contributed by atoms with Crippen LogP contribution in [0.3, 0.4) is 0 Å². The molecule has 2 saturated carbocycles. The standard InChI is InChI=1S/C44H83NO4S2/c1-3-5-6-18-29-41(48-43(46)4-2)37-50-35-22-11-20-33-45-34-21-12-23-36-51-38-42(49-44(47)32-31-40-27-16-10-17-28-40)30-19-8-7-13-24-39-25-14-9-15-26-39/h39-42,45H,3-38H2,1-2H3. The molecule has 0 bridgehead atoms. The number of carbonyl (C=O) groups excluding carboxylic acids is 2. The molecule has 51 heavy (non-hydrogen) atoms. The predicted octanol–water partition coefficient (Wildman–Crippen LogP) is 12.9. The Hall–Kier alpha value is -0.400. The van der Waals surface area contributed by atoms with Gasteiger partial charge in [0.15, 0.2) is 0 Å². The van der Waals surface area contributed by atoms with E-state index in [9.17, 15) is 9.59 Å². The molecular weight excluding hydrogens is 671 g/mol. The van der Waals surface area contributed by atoms with E-state index in [0.29, 0.717) is 12.8 Å². The molecule has 0 amide bonds. The number of unbranched alkanes of at least 4 members (excludes halogenated alkanes) is 10. The van der Waals surface area contributed by atoms with E-state index in [4.69, 9.17) is 9.47 Å². The minimum atomic E-state index is -0.0528.